The number of hydrogen-bond acceptors (Lipinski definition) is 5. The zero-order valence-corrected chi connectivity index (χ0v) is 15.9. The molecule has 1 aliphatic heterocycles. The molecule has 1 aromatic heterocycles. The van der Waals surface area contributed by atoms with Gasteiger partial charge < -0.3 is 0 Å². The van der Waals surface area contributed by atoms with Crippen LogP contribution in [0.15, 0.2) is 10.3 Å². The van der Waals surface area contributed by atoms with Crippen LogP contribution in [0.4, 0.5) is 0 Å². The molecule has 0 spiro atoms. The first-order valence-corrected chi connectivity index (χ1v) is 11.2. The van der Waals surface area contributed by atoms with Gasteiger partial charge in [0.2, 0.25) is 0 Å². The van der Waals surface area contributed by atoms with E-state index in [-0.39, 0.29) is 0 Å². The number of aromatic nitrogens is 3. The smallest absolute Gasteiger partial charge is 0.192 e. The van der Waals surface area contributed by atoms with E-state index in [0.29, 0.717) is 10.5 Å². The molecule has 0 amide bonds. The van der Waals surface area contributed by atoms with Crippen LogP contribution in [-0.2, 0) is 6.42 Å². The molecule has 1 aliphatic carbocycles. The lowest BCUT2D eigenvalue weighted by Crippen LogP contribution is -2.12. The summed E-state index contributed by atoms with van der Waals surface area (Å²) in [5.41, 5.74) is 0. The van der Waals surface area contributed by atoms with Crippen molar-refractivity contribution in [3.63, 3.8) is 0 Å². The first kappa shape index (κ1) is 17.5. The molecule has 0 aromatic carbocycles. The molecule has 5 heteroatoms. The summed E-state index contributed by atoms with van der Waals surface area (Å²) in [6.45, 7) is 2.14. The van der Waals surface area contributed by atoms with Crippen molar-refractivity contribution >= 4 is 23.5 Å². The average molecular weight is 352 g/mol. The summed E-state index contributed by atoms with van der Waals surface area (Å²) >= 11 is 3.83. The van der Waals surface area contributed by atoms with E-state index >= 15 is 0 Å². The topological polar surface area (TPSA) is 38.7 Å². The molecule has 2 unspecified atom stereocenters. The van der Waals surface area contributed by atoms with Gasteiger partial charge in [0, 0.05) is 16.9 Å². The minimum atomic E-state index is 0.694. The molecule has 3 nitrogen and oxygen atoms in total. The lowest BCUT2D eigenvalue weighted by atomic mass is 10.1. The molecular formula is C18H29N3S2. The van der Waals surface area contributed by atoms with Gasteiger partial charge in [0.1, 0.15) is 5.82 Å². The van der Waals surface area contributed by atoms with Crippen molar-refractivity contribution in [2.24, 2.45) is 0 Å². The van der Waals surface area contributed by atoms with E-state index in [1.165, 1.54) is 70.6 Å². The Balaban J connectivity index is 1.84. The Labute approximate surface area is 149 Å². The van der Waals surface area contributed by atoms with Crippen molar-refractivity contribution in [3.8, 4) is 0 Å². The molecule has 0 N–H and O–H groups in total. The molecule has 23 heavy (non-hydrogen) atoms. The predicted molar refractivity (Wildman–Crippen MR) is 99.3 cm³/mol. The van der Waals surface area contributed by atoms with Crippen LogP contribution in [0.5, 0.6) is 0 Å². The van der Waals surface area contributed by atoms with E-state index in [1.807, 2.05) is 23.5 Å². The van der Waals surface area contributed by atoms with Crippen molar-refractivity contribution in [3.05, 3.63) is 5.82 Å². The Bertz CT molecular complexity index is 457. The lowest BCUT2D eigenvalue weighted by molar-refractivity contribution is 0.567. The van der Waals surface area contributed by atoms with Crippen molar-refractivity contribution in [1.82, 2.24) is 15.0 Å². The highest BCUT2D eigenvalue weighted by Crippen LogP contribution is 2.35. The third-order valence-corrected chi connectivity index (χ3v) is 7.25. The van der Waals surface area contributed by atoms with E-state index in [2.05, 4.69) is 16.9 Å². The van der Waals surface area contributed by atoms with Crippen LogP contribution in [0.2, 0.25) is 0 Å². The molecule has 1 fully saturated rings. The first-order valence-electron chi connectivity index (χ1n) is 9.41. The lowest BCUT2D eigenvalue weighted by Gasteiger charge is -2.21. The fourth-order valence-corrected chi connectivity index (χ4v) is 5.87. The van der Waals surface area contributed by atoms with Gasteiger partial charge in [-0.05, 0) is 25.7 Å². The van der Waals surface area contributed by atoms with Crippen molar-refractivity contribution in [2.75, 3.05) is 0 Å². The monoisotopic (exact) mass is 351 g/mol. The number of hydrogen-bond donors (Lipinski definition) is 0. The SMILES string of the molecule is CCc1nc2nc(n1)SC1CCCCCCCCC(CCC1)S2. The fourth-order valence-electron chi connectivity index (χ4n) is 3.49. The second kappa shape index (κ2) is 9.26. The molecule has 2 aliphatic rings. The minimum Gasteiger partial charge on any atom is -0.207 e. The standard InChI is InChI=1S/C18H29N3S2/c1-2-16-19-17-21-18(20-16)23-15-11-8-6-4-3-5-7-10-14(22-17)12-9-13-15/h14-15H,2-13H2,1H3. The quantitative estimate of drug-likeness (QED) is 0.651. The molecule has 0 radical (unpaired) electrons. The minimum absolute atomic E-state index is 0.694. The van der Waals surface area contributed by atoms with E-state index in [1.54, 1.807) is 0 Å². The van der Waals surface area contributed by atoms with Crippen LogP contribution in [-0.4, -0.2) is 25.5 Å². The van der Waals surface area contributed by atoms with Gasteiger partial charge in [-0.1, -0.05) is 75.4 Å². The summed E-state index contributed by atoms with van der Waals surface area (Å²) in [4.78, 5) is 14.1. The van der Waals surface area contributed by atoms with Crippen molar-refractivity contribution in [1.29, 1.82) is 0 Å². The molecule has 0 saturated heterocycles. The maximum atomic E-state index is 4.78. The molecule has 128 valence electrons. The van der Waals surface area contributed by atoms with Crippen LogP contribution in [0.1, 0.15) is 83.4 Å². The van der Waals surface area contributed by atoms with Gasteiger partial charge in [-0.3, -0.25) is 0 Å². The maximum Gasteiger partial charge on any atom is 0.192 e. The Morgan fingerprint density at radius 1 is 0.696 bits per heavy atom. The second-order valence-corrected chi connectivity index (χ2v) is 9.31. The second-order valence-electron chi connectivity index (χ2n) is 6.78. The number of fused-ring (bicyclic) bond motifs is 6. The van der Waals surface area contributed by atoms with Crippen LogP contribution >= 0.6 is 23.5 Å². The molecule has 1 aromatic rings. The molecular weight excluding hydrogens is 322 g/mol. The van der Waals surface area contributed by atoms with Gasteiger partial charge in [0.05, 0.1) is 0 Å². The Kier molecular flexibility index (Phi) is 7.06. The number of aryl methyl sites for hydroxylation is 1. The van der Waals surface area contributed by atoms with E-state index in [9.17, 15) is 0 Å². The predicted octanol–water partition coefficient (Wildman–Crippen LogP) is 5.67. The molecule has 2 atom stereocenters. The third-order valence-electron chi connectivity index (χ3n) is 4.86. The maximum absolute atomic E-state index is 4.78. The fraction of sp³-hybridized carbons (Fsp3) is 0.833. The van der Waals surface area contributed by atoms with E-state index < -0.39 is 0 Å². The highest BCUT2D eigenvalue weighted by molar-refractivity contribution is 8.00. The van der Waals surface area contributed by atoms with Gasteiger partial charge in [-0.25, -0.2) is 9.97 Å². The summed E-state index contributed by atoms with van der Waals surface area (Å²) in [6.07, 6.45) is 15.9. The molecule has 1 saturated carbocycles. The molecule has 4 bridgehead atoms. The van der Waals surface area contributed by atoms with Gasteiger partial charge in [0.15, 0.2) is 10.3 Å². The van der Waals surface area contributed by atoms with Crippen LogP contribution in [0.25, 0.3) is 0 Å². The van der Waals surface area contributed by atoms with Crippen LogP contribution in [0, 0.1) is 0 Å². The Morgan fingerprint density at radius 3 is 1.70 bits per heavy atom. The largest absolute Gasteiger partial charge is 0.207 e. The van der Waals surface area contributed by atoms with Crippen LogP contribution in [0.3, 0.4) is 0 Å². The highest BCUT2D eigenvalue weighted by atomic mass is 32.2. The summed E-state index contributed by atoms with van der Waals surface area (Å²) in [6, 6.07) is 0. The number of rotatable bonds is 1. The van der Waals surface area contributed by atoms with E-state index in [4.69, 9.17) is 4.98 Å². The van der Waals surface area contributed by atoms with E-state index in [0.717, 1.165) is 22.6 Å². The zero-order chi connectivity index (χ0) is 15.9. The zero-order valence-electron chi connectivity index (χ0n) is 14.3. The summed E-state index contributed by atoms with van der Waals surface area (Å²) in [5, 5.41) is 3.33. The summed E-state index contributed by atoms with van der Waals surface area (Å²) in [7, 11) is 0. The third kappa shape index (κ3) is 5.63. The van der Waals surface area contributed by atoms with Gasteiger partial charge >= 0.3 is 0 Å². The van der Waals surface area contributed by atoms with Crippen molar-refractivity contribution in [2.45, 2.75) is 105 Å². The Morgan fingerprint density at radius 2 is 1.17 bits per heavy atom. The van der Waals surface area contributed by atoms with Gasteiger partial charge in [0.25, 0.3) is 0 Å². The average Bonchev–Trinajstić information content (AvgIpc) is 2.57. The normalized spacial score (nSPS) is 27.0. The summed E-state index contributed by atoms with van der Waals surface area (Å²) in [5.74, 6) is 0.965. The number of nitrogens with zero attached hydrogens (tertiary/aromatic N) is 3. The highest BCUT2D eigenvalue weighted by Gasteiger charge is 2.20. The molecule has 3 rings (SSSR count). The summed E-state index contributed by atoms with van der Waals surface area (Å²) < 4.78 is 0. The molecule has 2 heterocycles. The first-order chi connectivity index (χ1) is 11.3. The van der Waals surface area contributed by atoms with Gasteiger partial charge in [-0.2, -0.15) is 4.98 Å². The van der Waals surface area contributed by atoms with Crippen molar-refractivity contribution < 1.29 is 0 Å². The van der Waals surface area contributed by atoms with Gasteiger partial charge in [-0.15, -0.1) is 0 Å². The number of thioether (sulfide) groups is 2. The Hall–Kier alpha value is -0.290. The van der Waals surface area contributed by atoms with Crippen LogP contribution < -0.4 is 0 Å².